The molecule has 0 saturated carbocycles. The number of carbonyl (C=O) groups is 2. The monoisotopic (exact) mass is 326 g/mol. The second-order valence-electron chi connectivity index (χ2n) is 5.60. The van der Waals surface area contributed by atoms with E-state index in [2.05, 4.69) is 15.5 Å². The van der Waals surface area contributed by atoms with E-state index in [0.29, 0.717) is 12.1 Å². The van der Waals surface area contributed by atoms with Gasteiger partial charge in [0, 0.05) is 24.5 Å². The van der Waals surface area contributed by atoms with E-state index in [1.54, 1.807) is 24.3 Å². The van der Waals surface area contributed by atoms with Gasteiger partial charge in [0.1, 0.15) is 0 Å². The second-order valence-corrected chi connectivity index (χ2v) is 5.60. The van der Waals surface area contributed by atoms with Gasteiger partial charge < -0.3 is 14.6 Å². The molecule has 124 valence electrons. The average Bonchev–Trinajstić information content (AvgIpc) is 3.21. The average molecular weight is 326 g/mol. The third kappa shape index (κ3) is 2.58. The van der Waals surface area contributed by atoms with Crippen molar-refractivity contribution in [1.82, 2.24) is 9.88 Å². The van der Waals surface area contributed by atoms with Crippen LogP contribution in [-0.4, -0.2) is 35.8 Å². The Balaban J connectivity index is 1.99. The van der Waals surface area contributed by atoms with Crippen molar-refractivity contribution in [2.24, 2.45) is 17.3 Å². The van der Waals surface area contributed by atoms with Crippen LogP contribution in [0.3, 0.4) is 0 Å². The predicted molar refractivity (Wildman–Crippen MR) is 86.5 cm³/mol. The van der Waals surface area contributed by atoms with E-state index in [9.17, 15) is 9.59 Å². The summed E-state index contributed by atoms with van der Waals surface area (Å²) in [6, 6.07) is 12.4. The van der Waals surface area contributed by atoms with Crippen LogP contribution in [0.1, 0.15) is 22.0 Å². The molecule has 1 aliphatic rings. The maximum absolute atomic E-state index is 12.6. The number of methoxy groups -OCH3 is 1. The number of carbonyl (C=O) groups excluding carboxylic acids is 2. The second kappa shape index (κ2) is 6.27. The van der Waals surface area contributed by atoms with E-state index >= 15 is 0 Å². The Morgan fingerprint density at radius 1 is 1.25 bits per heavy atom. The number of aryl methyl sites for hydroxylation is 1. The first-order valence-corrected chi connectivity index (χ1v) is 7.54. The lowest BCUT2D eigenvalue weighted by Gasteiger charge is -2.30. The van der Waals surface area contributed by atoms with Crippen molar-refractivity contribution >= 4 is 11.9 Å². The summed E-state index contributed by atoms with van der Waals surface area (Å²) in [5.74, 6) is -1.47. The molecule has 1 N–H and O–H groups in total. The zero-order valence-electron chi connectivity index (χ0n) is 13.5. The van der Waals surface area contributed by atoms with Crippen LogP contribution in [-0.2, 0) is 16.6 Å². The molecule has 0 unspecified atom stereocenters. The lowest BCUT2D eigenvalue weighted by molar-refractivity contribution is -0.148. The SMILES string of the molecule is COC(=O)[C@]1(NC(=O)c2ccccc2)N=NC[C@H]1c1cccn1C. The molecule has 0 fully saturated rings. The number of nitrogens with one attached hydrogen (secondary N) is 1. The topological polar surface area (TPSA) is 85.0 Å². The smallest absolute Gasteiger partial charge is 0.357 e. The molecular formula is C17H18N4O3. The van der Waals surface area contributed by atoms with Gasteiger partial charge in [-0.15, -0.1) is 0 Å². The van der Waals surface area contributed by atoms with E-state index in [1.807, 2.05) is 36.0 Å². The minimum atomic E-state index is -1.56. The van der Waals surface area contributed by atoms with Gasteiger partial charge in [0.25, 0.3) is 11.6 Å². The van der Waals surface area contributed by atoms with Gasteiger partial charge in [-0.25, -0.2) is 4.79 Å². The number of azo groups is 1. The van der Waals surface area contributed by atoms with Crippen LogP contribution >= 0.6 is 0 Å². The third-order valence-corrected chi connectivity index (χ3v) is 4.17. The molecule has 1 aliphatic heterocycles. The summed E-state index contributed by atoms with van der Waals surface area (Å²) in [7, 11) is 3.14. The highest BCUT2D eigenvalue weighted by atomic mass is 16.5. The molecule has 3 rings (SSSR count). The summed E-state index contributed by atoms with van der Waals surface area (Å²) in [4.78, 5) is 25.1. The Morgan fingerprint density at radius 3 is 2.62 bits per heavy atom. The quantitative estimate of drug-likeness (QED) is 0.871. The summed E-state index contributed by atoms with van der Waals surface area (Å²) < 4.78 is 6.81. The highest BCUT2D eigenvalue weighted by molar-refractivity contribution is 5.98. The van der Waals surface area contributed by atoms with Crippen molar-refractivity contribution in [2.75, 3.05) is 13.7 Å². The van der Waals surface area contributed by atoms with Crippen LogP contribution in [0.5, 0.6) is 0 Å². The normalized spacial score (nSPS) is 22.3. The molecule has 0 aliphatic carbocycles. The van der Waals surface area contributed by atoms with Crippen LogP contribution in [0.25, 0.3) is 0 Å². The molecule has 0 spiro atoms. The zero-order chi connectivity index (χ0) is 17.2. The predicted octanol–water partition coefficient (Wildman–Crippen LogP) is 1.87. The van der Waals surface area contributed by atoms with Crippen LogP contribution in [0.15, 0.2) is 58.9 Å². The third-order valence-electron chi connectivity index (χ3n) is 4.17. The first-order valence-electron chi connectivity index (χ1n) is 7.54. The maximum Gasteiger partial charge on any atom is 0.357 e. The van der Waals surface area contributed by atoms with Gasteiger partial charge in [0.05, 0.1) is 19.6 Å². The Morgan fingerprint density at radius 2 is 2.00 bits per heavy atom. The van der Waals surface area contributed by atoms with Crippen LogP contribution in [0.4, 0.5) is 0 Å². The molecule has 1 aromatic heterocycles. The minimum absolute atomic E-state index is 0.294. The van der Waals surface area contributed by atoms with Gasteiger partial charge in [-0.05, 0) is 24.3 Å². The number of nitrogens with zero attached hydrogens (tertiary/aromatic N) is 3. The molecule has 0 bridgehead atoms. The molecule has 7 nitrogen and oxygen atoms in total. The fraction of sp³-hybridized carbons (Fsp3) is 0.294. The van der Waals surface area contributed by atoms with Gasteiger partial charge >= 0.3 is 5.97 Å². The van der Waals surface area contributed by atoms with Crippen molar-refractivity contribution in [2.45, 2.75) is 11.6 Å². The number of rotatable bonds is 4. The van der Waals surface area contributed by atoms with Gasteiger partial charge in [-0.2, -0.15) is 10.2 Å². The molecule has 7 heteroatoms. The molecule has 2 heterocycles. The minimum Gasteiger partial charge on any atom is -0.466 e. The molecule has 1 amide bonds. The molecule has 2 atom stereocenters. The van der Waals surface area contributed by atoms with E-state index in [-0.39, 0.29) is 0 Å². The number of amides is 1. The number of hydrogen-bond acceptors (Lipinski definition) is 5. The van der Waals surface area contributed by atoms with Gasteiger partial charge in [-0.3, -0.25) is 4.79 Å². The molecule has 24 heavy (non-hydrogen) atoms. The number of hydrogen-bond donors (Lipinski definition) is 1. The van der Waals surface area contributed by atoms with Crippen molar-refractivity contribution in [1.29, 1.82) is 0 Å². The summed E-state index contributed by atoms with van der Waals surface area (Å²) >= 11 is 0. The highest BCUT2D eigenvalue weighted by Crippen LogP contribution is 2.36. The summed E-state index contributed by atoms with van der Waals surface area (Å²) in [5, 5.41) is 10.9. The largest absolute Gasteiger partial charge is 0.466 e. The molecule has 1 aromatic carbocycles. The summed E-state index contributed by atoms with van der Waals surface area (Å²) in [5.41, 5.74) is -0.277. The first kappa shape index (κ1) is 15.9. The van der Waals surface area contributed by atoms with Crippen LogP contribution in [0.2, 0.25) is 0 Å². The Hall–Kier alpha value is -2.96. The Labute approximate surface area is 139 Å². The Kier molecular flexibility index (Phi) is 4.16. The number of benzene rings is 1. The number of ether oxygens (including phenoxy) is 1. The van der Waals surface area contributed by atoms with E-state index in [4.69, 9.17) is 4.74 Å². The number of esters is 1. The van der Waals surface area contributed by atoms with E-state index in [1.165, 1.54) is 7.11 Å². The molecule has 0 radical (unpaired) electrons. The first-order chi connectivity index (χ1) is 11.6. The van der Waals surface area contributed by atoms with Crippen molar-refractivity contribution in [3.8, 4) is 0 Å². The fourth-order valence-corrected chi connectivity index (χ4v) is 2.92. The van der Waals surface area contributed by atoms with Gasteiger partial charge in [0.2, 0.25) is 0 Å². The number of aromatic nitrogens is 1. The Bertz CT molecular complexity index is 784. The summed E-state index contributed by atoms with van der Waals surface area (Å²) in [6.07, 6.45) is 1.87. The maximum atomic E-state index is 12.6. The zero-order valence-corrected chi connectivity index (χ0v) is 13.5. The van der Waals surface area contributed by atoms with E-state index < -0.39 is 23.5 Å². The van der Waals surface area contributed by atoms with Gasteiger partial charge in [0.15, 0.2) is 0 Å². The lowest BCUT2D eigenvalue weighted by Crippen LogP contribution is -2.56. The highest BCUT2D eigenvalue weighted by Gasteiger charge is 2.53. The van der Waals surface area contributed by atoms with Crippen molar-refractivity contribution < 1.29 is 14.3 Å². The summed E-state index contributed by atoms with van der Waals surface area (Å²) in [6.45, 7) is 0.294. The fourth-order valence-electron chi connectivity index (χ4n) is 2.92. The lowest BCUT2D eigenvalue weighted by atomic mass is 9.90. The van der Waals surface area contributed by atoms with Crippen molar-refractivity contribution in [3.05, 3.63) is 59.9 Å². The van der Waals surface area contributed by atoms with Gasteiger partial charge in [-0.1, -0.05) is 18.2 Å². The van der Waals surface area contributed by atoms with Crippen molar-refractivity contribution in [3.63, 3.8) is 0 Å². The van der Waals surface area contributed by atoms with E-state index in [0.717, 1.165) is 5.69 Å². The molecule has 0 saturated heterocycles. The molecule has 2 aromatic rings. The molecular weight excluding hydrogens is 308 g/mol. The van der Waals surface area contributed by atoms with Crippen LogP contribution in [0, 0.1) is 0 Å². The standard InChI is InChI=1S/C17H18N4O3/c1-21-10-6-9-14(21)13-11-18-20-17(13,16(23)24-2)19-15(22)12-7-4-3-5-8-12/h3-10,13H,11H2,1-2H3,(H,19,22)/t13-,17+/m0/s1. The van der Waals surface area contributed by atoms with Crippen LogP contribution < -0.4 is 5.32 Å².